The van der Waals surface area contributed by atoms with Gasteiger partial charge in [-0.2, -0.15) is 6.42 Å². The second-order valence-electron chi connectivity index (χ2n) is 8.41. The number of hydrogen-bond acceptors (Lipinski definition) is 1. The summed E-state index contributed by atoms with van der Waals surface area (Å²) in [5.41, 5.74) is 0. The van der Waals surface area contributed by atoms with Gasteiger partial charge in [-0.15, -0.1) is 40.9 Å². The number of allylic oxidation sites excluding steroid dienone is 6. The summed E-state index contributed by atoms with van der Waals surface area (Å²) in [6.45, 7) is 12.0. The van der Waals surface area contributed by atoms with Crippen LogP contribution < -0.4 is 12.4 Å². The second-order valence-corrected chi connectivity index (χ2v) is 10.3. The Bertz CT molecular complexity index is 420. The fourth-order valence-electron chi connectivity index (χ4n) is 2.68. The van der Waals surface area contributed by atoms with Crippen LogP contribution in [-0.4, -0.2) is 82.3 Å². The van der Waals surface area contributed by atoms with Gasteiger partial charge in [-0.25, -0.2) is 0 Å². The topological polar surface area (TPSA) is 9.23 Å². The number of unbranched alkanes of at least 4 members (excludes halogenated alkanes) is 7. The first-order chi connectivity index (χ1) is 18.2. The summed E-state index contributed by atoms with van der Waals surface area (Å²) in [7, 11) is 0. The number of alkyl halides is 4. The number of rotatable bonds is 17. The first-order valence-electron chi connectivity index (χ1n) is 14.7. The zero-order valence-corrected chi connectivity index (χ0v) is 33.9. The Morgan fingerprint density at radius 2 is 1.05 bits per heavy atom. The Kier molecular flexibility index (Phi) is 99.2. The van der Waals surface area contributed by atoms with Crippen LogP contribution in [0.15, 0.2) is 36.5 Å². The molecule has 0 bridgehead atoms. The van der Waals surface area contributed by atoms with Crippen LogP contribution in [-0.2, 0) is 4.74 Å². The van der Waals surface area contributed by atoms with Crippen molar-refractivity contribution in [2.24, 2.45) is 0 Å². The van der Waals surface area contributed by atoms with Crippen LogP contribution in [0.2, 0.25) is 0 Å². The molecule has 0 aromatic carbocycles. The summed E-state index contributed by atoms with van der Waals surface area (Å²) in [4.78, 5) is 0. The molecule has 1 saturated heterocycles. The summed E-state index contributed by atoms with van der Waals surface area (Å²) in [5, 5.41) is 1.11. The second kappa shape index (κ2) is 68.5. The van der Waals surface area contributed by atoms with Crippen molar-refractivity contribution >= 4 is 96.8 Å². The summed E-state index contributed by atoms with van der Waals surface area (Å²) in [6, 6.07) is 0. The summed E-state index contributed by atoms with van der Waals surface area (Å²) >= 11 is 19.7. The van der Waals surface area contributed by atoms with Crippen molar-refractivity contribution < 1.29 is 20.0 Å². The maximum absolute atomic E-state index is 5.57. The van der Waals surface area contributed by atoms with Crippen molar-refractivity contribution in [2.45, 2.75) is 124 Å². The number of hydrogen-bond donors (Lipinski definition) is 0. The average Bonchev–Trinajstić information content (AvgIpc) is 3.51. The quantitative estimate of drug-likeness (QED) is 0.0476. The largest absolute Gasteiger partial charge is 2.00 e. The van der Waals surface area contributed by atoms with E-state index in [0.29, 0.717) is 0 Å². The molecule has 0 radical (unpaired) electrons. The van der Waals surface area contributed by atoms with E-state index in [1.54, 1.807) is 0 Å². The molecule has 0 aromatic heterocycles. The predicted octanol–water partition coefficient (Wildman–Crippen LogP) is 9.34. The molecule has 8 heteroatoms. The molecule has 0 N–H and O–H groups in total. The minimum absolute atomic E-state index is 0. The summed E-state index contributed by atoms with van der Waals surface area (Å²) in [5.74, 6) is 2.39. The van der Waals surface area contributed by atoms with Crippen molar-refractivity contribution in [1.29, 1.82) is 0 Å². The normalized spacial score (nSPS) is 11.4. The maximum atomic E-state index is 5.57. The molecule has 0 aromatic rings. The van der Waals surface area contributed by atoms with Gasteiger partial charge in [0, 0.05) is 36.2 Å². The van der Waals surface area contributed by atoms with Crippen LogP contribution >= 0.6 is 50.7 Å². The van der Waals surface area contributed by atoms with E-state index in [-0.39, 0.29) is 61.4 Å². The third-order valence-corrected chi connectivity index (χ3v) is 6.06. The van der Waals surface area contributed by atoms with Gasteiger partial charge in [-0.3, -0.25) is 0 Å². The van der Waals surface area contributed by atoms with Crippen molar-refractivity contribution in [1.82, 2.24) is 0 Å². The molecule has 1 heterocycles. The first-order valence-corrected chi connectivity index (χ1v) is 17.4. The Morgan fingerprint density at radius 1 is 0.625 bits per heavy atom. The van der Waals surface area contributed by atoms with E-state index < -0.39 is 0 Å². The zero-order valence-electron chi connectivity index (χ0n) is 28.4. The SMILES string of the molecule is C1CCOC1.CC/C=C\CCCCCCCCl.CC/C=C\CCCl.ClCCCCCBr.[CH2-]C/C=C\CC.[Cl-].[H-].[H-].[Mg+2].[Mg+2]. The Hall–Kier alpha value is 2.35. The number of halogens is 5. The van der Waals surface area contributed by atoms with Crippen molar-refractivity contribution in [3.63, 3.8) is 0 Å². The van der Waals surface area contributed by atoms with Gasteiger partial charge in [0.2, 0.25) is 0 Å². The standard InChI is InChI=1S/C11H21Cl.C6H11Cl.C6H11.C5H10BrCl.C4H8O.ClH.2Mg.2H/c1-2-3-4-5-6-7-8-9-10-11-12;1-2-3-4-5-6-7;1-3-5-6-4-2;6-4-2-1-3-5-7;1-2-4-5-3-1;;;;;/h3-4H,2,5-11H2,1H3;3-4H,2,5-6H2,1H3;5-6H,1,3-4H2,2H3;1-5H2;1-4H2;1H;;;;/q;;-1;;;;2*+2;2*-1/p-1/b2*4-3-;6-5-;;;;;;;. The van der Waals surface area contributed by atoms with E-state index in [4.69, 9.17) is 39.5 Å². The van der Waals surface area contributed by atoms with E-state index in [2.05, 4.69) is 80.1 Å². The monoisotopic (exact) mass is 730 g/mol. The molecule has 1 rings (SSSR count). The van der Waals surface area contributed by atoms with Crippen LogP contribution in [0.5, 0.6) is 0 Å². The smallest absolute Gasteiger partial charge is 1.00 e. The van der Waals surface area contributed by atoms with Gasteiger partial charge >= 0.3 is 46.1 Å². The molecule has 1 nitrogen and oxygen atoms in total. The van der Waals surface area contributed by atoms with E-state index in [0.717, 1.165) is 68.3 Å². The molecular formula is C32H63BrCl4Mg2O. The fourth-order valence-corrected chi connectivity index (χ4v) is 3.58. The fraction of sp³-hybridized carbons (Fsp3) is 0.781. The molecular weight excluding hydrogens is 671 g/mol. The van der Waals surface area contributed by atoms with Crippen LogP contribution in [0.25, 0.3) is 0 Å². The number of ether oxygens (including phenoxy) is 1. The van der Waals surface area contributed by atoms with Gasteiger partial charge < -0.3 is 26.9 Å². The zero-order chi connectivity index (χ0) is 28.5. The van der Waals surface area contributed by atoms with Crippen molar-refractivity contribution in [2.75, 3.05) is 36.2 Å². The summed E-state index contributed by atoms with van der Waals surface area (Å²) < 4.78 is 4.94. The van der Waals surface area contributed by atoms with Crippen LogP contribution in [0.1, 0.15) is 126 Å². The molecule has 0 saturated carbocycles. The minimum Gasteiger partial charge on any atom is -1.00 e. The van der Waals surface area contributed by atoms with Crippen LogP contribution in [0.3, 0.4) is 0 Å². The Labute approximate surface area is 317 Å². The molecule has 0 amide bonds. The molecule has 40 heavy (non-hydrogen) atoms. The van der Waals surface area contributed by atoms with Gasteiger partial charge in [-0.05, 0) is 70.6 Å². The molecule has 236 valence electrons. The van der Waals surface area contributed by atoms with E-state index in [9.17, 15) is 0 Å². The van der Waals surface area contributed by atoms with E-state index in [1.807, 2.05) is 0 Å². The van der Waals surface area contributed by atoms with Gasteiger partial charge in [-0.1, -0.05) is 92.8 Å². The molecule has 0 unspecified atom stereocenters. The van der Waals surface area contributed by atoms with Crippen molar-refractivity contribution in [3.05, 3.63) is 43.4 Å². The molecule has 0 spiro atoms. The first kappa shape index (κ1) is 57.9. The van der Waals surface area contributed by atoms with Crippen LogP contribution in [0.4, 0.5) is 0 Å². The Balaban J connectivity index is -0.0000000464. The molecule has 1 fully saturated rings. The molecule has 0 aliphatic carbocycles. The third-order valence-electron chi connectivity index (χ3n) is 4.75. The van der Waals surface area contributed by atoms with E-state index in [1.165, 1.54) is 70.6 Å². The third kappa shape index (κ3) is 83.5. The van der Waals surface area contributed by atoms with Gasteiger partial charge in [0.1, 0.15) is 0 Å². The predicted molar refractivity (Wildman–Crippen MR) is 194 cm³/mol. The average molecular weight is 734 g/mol. The van der Waals surface area contributed by atoms with Crippen LogP contribution in [0, 0.1) is 6.92 Å². The minimum atomic E-state index is 0. The maximum Gasteiger partial charge on any atom is 2.00 e. The van der Waals surface area contributed by atoms with Gasteiger partial charge in [0.25, 0.3) is 0 Å². The van der Waals surface area contributed by atoms with Gasteiger partial charge in [0.15, 0.2) is 0 Å². The Morgan fingerprint density at radius 3 is 1.40 bits per heavy atom. The van der Waals surface area contributed by atoms with Crippen molar-refractivity contribution in [3.8, 4) is 0 Å². The molecule has 1 aliphatic heterocycles. The molecule has 1 aliphatic rings. The van der Waals surface area contributed by atoms with E-state index >= 15 is 0 Å². The molecule has 0 atom stereocenters. The summed E-state index contributed by atoms with van der Waals surface area (Å²) in [6.07, 6.45) is 32.4. The van der Waals surface area contributed by atoms with Gasteiger partial charge in [0.05, 0.1) is 0 Å².